The quantitative estimate of drug-likeness (QED) is 0.179. The molecule has 0 amide bonds. The van der Waals surface area contributed by atoms with Crippen molar-refractivity contribution in [1.82, 2.24) is 18.9 Å². The third-order valence-electron chi connectivity index (χ3n) is 14.1. The summed E-state index contributed by atoms with van der Waals surface area (Å²) >= 11 is 0. The molecule has 0 aliphatic carbocycles. The largest absolute Gasteiger partial charge is 0.507 e. The number of hydrogen-bond acceptors (Lipinski definition) is 4. The number of rotatable bonds is 4. The Labute approximate surface area is 396 Å². The van der Waals surface area contributed by atoms with Gasteiger partial charge in [-0.25, -0.2) is 9.97 Å². The molecule has 0 aliphatic rings. The fourth-order valence-corrected chi connectivity index (χ4v) is 10.5. The highest BCUT2D eigenvalue weighted by atomic mass is 16.3. The second kappa shape index (κ2) is 14.6. The van der Waals surface area contributed by atoms with Crippen molar-refractivity contribution in [2.24, 2.45) is 0 Å². The summed E-state index contributed by atoms with van der Waals surface area (Å²) in [7, 11) is 0. The summed E-state index contributed by atoms with van der Waals surface area (Å²) in [6, 6.07) is 56.0. The van der Waals surface area contributed by atoms with Gasteiger partial charge in [0, 0.05) is 43.6 Å². The molecule has 8 aromatic carbocycles. The van der Waals surface area contributed by atoms with Crippen LogP contribution in [0.1, 0.15) is 79.0 Å². The van der Waals surface area contributed by atoms with E-state index in [9.17, 15) is 5.11 Å². The molecule has 0 atom stereocenters. The van der Waals surface area contributed by atoms with E-state index < -0.39 is 0 Å². The van der Waals surface area contributed by atoms with Crippen molar-refractivity contribution in [3.8, 4) is 45.1 Å². The molecule has 0 unspecified atom stereocenters. The van der Waals surface area contributed by atoms with E-state index in [4.69, 9.17) is 14.4 Å². The Balaban J connectivity index is 1.27. The average Bonchev–Trinajstić information content (AvgIpc) is 4.03. The smallest absolute Gasteiger partial charge is 0.149 e. The molecule has 0 bridgehead atoms. The van der Waals surface area contributed by atoms with Crippen LogP contribution in [0.25, 0.3) is 111 Å². The van der Waals surface area contributed by atoms with Gasteiger partial charge in [0.2, 0.25) is 0 Å². The molecular formula is C62H54N4O2. The number of aromatic nitrogens is 4. The van der Waals surface area contributed by atoms with Gasteiger partial charge in [0.1, 0.15) is 28.4 Å². The summed E-state index contributed by atoms with van der Waals surface area (Å²) in [5.74, 6) is 0.912. The summed E-state index contributed by atoms with van der Waals surface area (Å²) in [5, 5.41) is 17.9. The third kappa shape index (κ3) is 6.30. The Morgan fingerprint density at radius 3 is 1.90 bits per heavy atom. The van der Waals surface area contributed by atoms with Crippen molar-refractivity contribution in [2.45, 2.75) is 78.6 Å². The van der Waals surface area contributed by atoms with E-state index in [2.05, 4.69) is 223 Å². The van der Waals surface area contributed by atoms with Gasteiger partial charge in [0.25, 0.3) is 0 Å². The maximum absolute atomic E-state index is 12.7. The fraction of sp³-hybridized carbons (Fsp3) is 0.194. The lowest BCUT2D eigenvalue weighted by Gasteiger charge is -2.28. The van der Waals surface area contributed by atoms with Gasteiger partial charge in [-0.3, -0.25) is 8.97 Å². The SMILES string of the molecule is CC(C)(C)c1ccc(-n2c(-c3cc(C(C)(C)C)cc(C(C)(C)C)c3O)nc3c(-c4cc5c(c6ccccc6n6c7ccccc7nc56)c5oc6ccccc6c45)cccc32)c(-c2ccccc2)c1. The highest BCUT2D eigenvalue weighted by molar-refractivity contribution is 6.30. The molecule has 6 heteroatoms. The number of hydrogen-bond donors (Lipinski definition) is 1. The summed E-state index contributed by atoms with van der Waals surface area (Å²) in [6.45, 7) is 20.0. The minimum atomic E-state index is -0.349. The lowest BCUT2D eigenvalue weighted by Crippen LogP contribution is -2.17. The third-order valence-corrected chi connectivity index (χ3v) is 14.1. The van der Waals surface area contributed by atoms with E-state index in [-0.39, 0.29) is 22.0 Å². The van der Waals surface area contributed by atoms with Crippen LogP contribution in [0.3, 0.4) is 0 Å². The van der Waals surface area contributed by atoms with Gasteiger partial charge in [0.15, 0.2) is 0 Å². The molecule has 12 rings (SSSR count). The molecular weight excluding hydrogens is 833 g/mol. The maximum atomic E-state index is 12.7. The predicted molar refractivity (Wildman–Crippen MR) is 284 cm³/mol. The van der Waals surface area contributed by atoms with Crippen LogP contribution >= 0.6 is 0 Å². The van der Waals surface area contributed by atoms with Crippen LogP contribution in [-0.2, 0) is 16.2 Å². The lowest BCUT2D eigenvalue weighted by molar-refractivity contribution is 0.446. The Hall–Kier alpha value is -7.70. The average molecular weight is 887 g/mol. The molecule has 1 N–H and O–H groups in total. The first-order valence-corrected chi connectivity index (χ1v) is 23.7. The molecule has 4 aromatic heterocycles. The minimum Gasteiger partial charge on any atom is -0.507 e. The van der Waals surface area contributed by atoms with Crippen LogP contribution in [0.5, 0.6) is 5.75 Å². The van der Waals surface area contributed by atoms with Crippen LogP contribution in [0.15, 0.2) is 162 Å². The molecule has 68 heavy (non-hydrogen) atoms. The summed E-state index contributed by atoms with van der Waals surface area (Å²) in [6.07, 6.45) is 0. The first-order valence-electron chi connectivity index (χ1n) is 23.7. The van der Waals surface area contributed by atoms with Crippen molar-refractivity contribution < 1.29 is 9.52 Å². The molecule has 6 nitrogen and oxygen atoms in total. The number of furan rings is 1. The van der Waals surface area contributed by atoms with Gasteiger partial charge < -0.3 is 9.52 Å². The predicted octanol–water partition coefficient (Wildman–Crippen LogP) is 16.6. The zero-order valence-corrected chi connectivity index (χ0v) is 40.2. The highest BCUT2D eigenvalue weighted by Crippen LogP contribution is 2.49. The van der Waals surface area contributed by atoms with E-state index >= 15 is 0 Å². The zero-order valence-electron chi connectivity index (χ0n) is 40.2. The van der Waals surface area contributed by atoms with Crippen molar-refractivity contribution in [3.63, 3.8) is 0 Å². The van der Waals surface area contributed by atoms with Gasteiger partial charge in [-0.1, -0.05) is 165 Å². The van der Waals surface area contributed by atoms with E-state index in [0.717, 1.165) is 110 Å². The number of phenols is 1. The van der Waals surface area contributed by atoms with Crippen LogP contribution in [0, 0.1) is 0 Å². The van der Waals surface area contributed by atoms with Gasteiger partial charge in [-0.15, -0.1) is 0 Å². The number of benzene rings is 8. The Kier molecular flexibility index (Phi) is 8.99. The normalized spacial score (nSPS) is 12.8. The zero-order chi connectivity index (χ0) is 47.0. The Morgan fingerprint density at radius 2 is 1.15 bits per heavy atom. The van der Waals surface area contributed by atoms with Crippen molar-refractivity contribution in [3.05, 3.63) is 174 Å². The number of aromatic hydroxyl groups is 1. The minimum absolute atomic E-state index is 0.0950. The van der Waals surface area contributed by atoms with Gasteiger partial charge in [-0.05, 0) is 93.1 Å². The molecule has 0 fully saturated rings. The number of phenolic OH excluding ortho intramolecular Hbond substituents is 1. The number of fused-ring (bicyclic) bond motifs is 13. The van der Waals surface area contributed by atoms with Crippen molar-refractivity contribution in [2.75, 3.05) is 0 Å². The second-order valence-corrected chi connectivity index (χ2v) is 21.6. The molecule has 0 saturated carbocycles. The summed E-state index contributed by atoms with van der Waals surface area (Å²) < 4.78 is 11.6. The number of nitrogens with zero attached hydrogens (tertiary/aromatic N) is 4. The van der Waals surface area contributed by atoms with Crippen molar-refractivity contribution in [1.29, 1.82) is 0 Å². The molecule has 0 saturated heterocycles. The molecule has 0 aliphatic heterocycles. The van der Waals surface area contributed by atoms with Gasteiger partial charge in [-0.2, -0.15) is 0 Å². The molecule has 0 spiro atoms. The van der Waals surface area contributed by atoms with E-state index in [1.54, 1.807) is 0 Å². The van der Waals surface area contributed by atoms with Crippen LogP contribution in [0.4, 0.5) is 0 Å². The monoisotopic (exact) mass is 886 g/mol. The Bertz CT molecular complexity index is 4030. The summed E-state index contributed by atoms with van der Waals surface area (Å²) in [5.41, 5.74) is 15.7. The lowest BCUT2D eigenvalue weighted by atomic mass is 9.79. The standard InChI is InChI=1S/C62H54N4O2/c1-60(2,3)37-30-31-49(42(32-37)36-20-11-10-12-21-36)66-51-28-19-24-39(55(51)64-59(66)45-33-38(61(4,5)6)34-46(56(45)67)62(7,8)9)43-35-44-53(57-54(43)41-23-14-18-29-52(41)68-57)40-22-13-16-26-48(40)65-50-27-17-15-25-47(50)63-58(44)65/h10-35,67H,1-9H3. The number of pyridine rings is 1. The molecule has 12 aromatic rings. The molecule has 334 valence electrons. The summed E-state index contributed by atoms with van der Waals surface area (Å²) in [4.78, 5) is 11.1. The number of para-hydroxylation sites is 5. The fourth-order valence-electron chi connectivity index (χ4n) is 10.5. The van der Waals surface area contributed by atoms with Crippen LogP contribution in [0.2, 0.25) is 0 Å². The topological polar surface area (TPSA) is 68.5 Å². The maximum Gasteiger partial charge on any atom is 0.149 e. The first-order chi connectivity index (χ1) is 32.6. The molecule has 0 radical (unpaired) electrons. The Morgan fingerprint density at radius 1 is 0.485 bits per heavy atom. The highest BCUT2D eigenvalue weighted by Gasteiger charge is 2.31. The van der Waals surface area contributed by atoms with E-state index in [0.29, 0.717) is 11.4 Å². The van der Waals surface area contributed by atoms with E-state index in [1.807, 2.05) is 6.07 Å². The van der Waals surface area contributed by atoms with Crippen LogP contribution < -0.4 is 0 Å². The van der Waals surface area contributed by atoms with Crippen molar-refractivity contribution >= 4 is 71.3 Å². The second-order valence-electron chi connectivity index (χ2n) is 21.6. The molecule has 4 heterocycles. The van der Waals surface area contributed by atoms with E-state index in [1.165, 1.54) is 5.56 Å². The number of imidazole rings is 2. The van der Waals surface area contributed by atoms with Gasteiger partial charge in [0.05, 0.1) is 38.8 Å². The first kappa shape index (κ1) is 41.7. The van der Waals surface area contributed by atoms with Gasteiger partial charge >= 0.3 is 0 Å². The van der Waals surface area contributed by atoms with Crippen LogP contribution in [-0.4, -0.2) is 24.0 Å².